The van der Waals surface area contributed by atoms with Gasteiger partial charge in [0.15, 0.2) is 11.5 Å². The molecule has 0 aliphatic heterocycles. The highest BCUT2D eigenvalue weighted by atomic mass is 16.5. The first-order valence-electron chi connectivity index (χ1n) is 14.4. The normalized spacial score (nSPS) is 11.1. The summed E-state index contributed by atoms with van der Waals surface area (Å²) in [5.74, 6) is 1.67. The van der Waals surface area contributed by atoms with Gasteiger partial charge in [0.25, 0.3) is 0 Å². The monoisotopic (exact) mass is 462 g/mol. The molecule has 1 N–H and O–H groups in total. The molecule has 33 heavy (non-hydrogen) atoms. The van der Waals surface area contributed by atoms with Crippen LogP contribution in [0.2, 0.25) is 0 Å². The Hall–Kier alpha value is -1.38. The molecule has 0 bridgehead atoms. The Morgan fingerprint density at radius 1 is 0.485 bits per heavy atom. The van der Waals surface area contributed by atoms with E-state index < -0.39 is 0 Å². The van der Waals surface area contributed by atoms with Gasteiger partial charge < -0.3 is 14.6 Å². The topological polar surface area (TPSA) is 38.7 Å². The molecule has 0 radical (unpaired) electrons. The number of benzene rings is 1. The molecule has 0 fully saturated rings. The highest BCUT2D eigenvalue weighted by Gasteiger charge is 2.07. The average Bonchev–Trinajstić information content (AvgIpc) is 2.82. The summed E-state index contributed by atoms with van der Waals surface area (Å²) in [6.45, 7) is 5.95. The Balaban J connectivity index is 2.07. The molecule has 0 unspecified atom stereocenters. The third kappa shape index (κ3) is 17.7. The van der Waals surface area contributed by atoms with Crippen molar-refractivity contribution in [3.63, 3.8) is 0 Å². The number of ether oxygens (including phenoxy) is 2. The third-order valence-electron chi connectivity index (χ3n) is 6.44. The summed E-state index contributed by atoms with van der Waals surface area (Å²) in [6.07, 6.45) is 26.4. The van der Waals surface area contributed by atoms with Crippen LogP contribution in [-0.2, 0) is 0 Å². The smallest absolute Gasteiger partial charge is 0.164 e. The lowest BCUT2D eigenvalue weighted by Gasteiger charge is -2.13. The summed E-state index contributed by atoms with van der Waals surface area (Å²) in [5, 5.41) is 9.84. The van der Waals surface area contributed by atoms with Gasteiger partial charge in [-0.1, -0.05) is 129 Å². The van der Waals surface area contributed by atoms with Gasteiger partial charge in [-0.2, -0.15) is 0 Å². The molecule has 192 valence electrons. The summed E-state index contributed by atoms with van der Waals surface area (Å²) >= 11 is 0. The van der Waals surface area contributed by atoms with Crippen LogP contribution in [-0.4, -0.2) is 18.3 Å². The van der Waals surface area contributed by atoms with Gasteiger partial charge in [-0.05, 0) is 25.0 Å². The molecule has 3 nitrogen and oxygen atoms in total. The molecule has 0 aliphatic rings. The van der Waals surface area contributed by atoms with E-state index in [1.54, 1.807) is 12.1 Å². The molecule has 0 heterocycles. The molecule has 0 spiro atoms. The van der Waals surface area contributed by atoms with Crippen molar-refractivity contribution < 1.29 is 14.6 Å². The lowest BCUT2D eigenvalue weighted by Crippen LogP contribution is -2.02. The minimum atomic E-state index is 0.236. The predicted molar refractivity (Wildman–Crippen MR) is 143 cm³/mol. The van der Waals surface area contributed by atoms with E-state index in [1.807, 2.05) is 6.07 Å². The van der Waals surface area contributed by atoms with Crippen molar-refractivity contribution in [3.05, 3.63) is 18.2 Å². The molecule has 0 aromatic heterocycles. The van der Waals surface area contributed by atoms with Crippen LogP contribution in [0.1, 0.15) is 142 Å². The lowest BCUT2D eigenvalue weighted by molar-refractivity contribution is 0.257. The molecule has 0 atom stereocenters. The van der Waals surface area contributed by atoms with Crippen LogP contribution >= 0.6 is 0 Å². The van der Waals surface area contributed by atoms with Crippen molar-refractivity contribution in [2.24, 2.45) is 0 Å². The van der Waals surface area contributed by atoms with E-state index in [0.717, 1.165) is 25.2 Å². The fourth-order valence-electron chi connectivity index (χ4n) is 4.27. The average molecular weight is 463 g/mol. The first kappa shape index (κ1) is 29.7. The van der Waals surface area contributed by atoms with Gasteiger partial charge in [0.2, 0.25) is 0 Å². The van der Waals surface area contributed by atoms with Gasteiger partial charge >= 0.3 is 0 Å². The number of phenolic OH excluding ortho intramolecular Hbond substituents is 1. The second kappa shape index (κ2) is 22.4. The van der Waals surface area contributed by atoms with Crippen LogP contribution < -0.4 is 9.47 Å². The maximum absolute atomic E-state index is 9.84. The summed E-state index contributed by atoms with van der Waals surface area (Å²) in [5.41, 5.74) is 0. The second-order valence-electron chi connectivity index (χ2n) is 9.69. The van der Waals surface area contributed by atoms with Crippen molar-refractivity contribution >= 4 is 0 Å². The maximum Gasteiger partial charge on any atom is 0.164 e. The Kier molecular flexibility index (Phi) is 20.1. The SMILES string of the molecule is CCCCCCCCCCCCOc1ccc(O)cc1OCCCCCCCCCCCC. The van der Waals surface area contributed by atoms with Gasteiger partial charge in [-0.25, -0.2) is 0 Å². The zero-order valence-corrected chi connectivity index (χ0v) is 22.1. The molecule has 0 saturated carbocycles. The van der Waals surface area contributed by atoms with E-state index >= 15 is 0 Å². The van der Waals surface area contributed by atoms with Crippen molar-refractivity contribution in [3.8, 4) is 17.2 Å². The number of aromatic hydroxyl groups is 1. The van der Waals surface area contributed by atoms with Crippen molar-refractivity contribution in [2.45, 2.75) is 142 Å². The Labute approximate surface area is 205 Å². The predicted octanol–water partition coefficient (Wildman–Crippen LogP) is 9.99. The first-order valence-corrected chi connectivity index (χ1v) is 14.4. The molecule has 1 aromatic rings. The Morgan fingerprint density at radius 3 is 1.27 bits per heavy atom. The molecular weight excluding hydrogens is 408 g/mol. The van der Waals surface area contributed by atoms with Gasteiger partial charge in [0.1, 0.15) is 5.75 Å². The van der Waals surface area contributed by atoms with Crippen molar-refractivity contribution in [1.29, 1.82) is 0 Å². The Bertz CT molecular complexity index is 543. The fraction of sp³-hybridized carbons (Fsp3) is 0.800. The molecule has 3 heteroatoms. The third-order valence-corrected chi connectivity index (χ3v) is 6.44. The summed E-state index contributed by atoms with van der Waals surface area (Å²) < 4.78 is 11.9. The maximum atomic E-state index is 9.84. The molecule has 0 saturated heterocycles. The van der Waals surface area contributed by atoms with Crippen molar-refractivity contribution in [1.82, 2.24) is 0 Å². The molecule has 0 aliphatic carbocycles. The molecule has 1 rings (SSSR count). The van der Waals surface area contributed by atoms with Crippen LogP contribution in [0.25, 0.3) is 0 Å². The molecule has 1 aromatic carbocycles. The van der Waals surface area contributed by atoms with Gasteiger partial charge in [0.05, 0.1) is 13.2 Å². The van der Waals surface area contributed by atoms with Crippen molar-refractivity contribution in [2.75, 3.05) is 13.2 Å². The quantitative estimate of drug-likeness (QED) is 0.155. The largest absolute Gasteiger partial charge is 0.508 e. The zero-order valence-electron chi connectivity index (χ0n) is 22.1. The van der Waals surface area contributed by atoms with E-state index in [1.165, 1.54) is 116 Å². The van der Waals surface area contributed by atoms with Gasteiger partial charge in [-0.15, -0.1) is 0 Å². The summed E-state index contributed by atoms with van der Waals surface area (Å²) in [7, 11) is 0. The highest BCUT2D eigenvalue weighted by Crippen LogP contribution is 2.31. The van der Waals surface area contributed by atoms with Crippen LogP contribution in [0, 0.1) is 0 Å². The second-order valence-corrected chi connectivity index (χ2v) is 9.69. The summed E-state index contributed by atoms with van der Waals surface area (Å²) in [6, 6.07) is 5.20. The first-order chi connectivity index (χ1) is 16.3. The standard InChI is InChI=1S/C30H54O3/c1-3-5-7-9-11-13-15-17-19-21-25-32-29-24-23-28(31)27-30(29)33-26-22-20-18-16-14-12-10-8-6-4-2/h23-24,27,31H,3-22,25-26H2,1-2H3. The van der Waals surface area contributed by atoms with E-state index in [0.29, 0.717) is 12.4 Å². The number of hydrogen-bond acceptors (Lipinski definition) is 3. The number of unbranched alkanes of at least 4 members (excludes halogenated alkanes) is 18. The molecular formula is C30H54O3. The van der Waals surface area contributed by atoms with Gasteiger partial charge in [-0.3, -0.25) is 0 Å². The van der Waals surface area contributed by atoms with E-state index in [9.17, 15) is 5.11 Å². The van der Waals surface area contributed by atoms with Crippen LogP contribution in [0.15, 0.2) is 18.2 Å². The lowest BCUT2D eigenvalue weighted by atomic mass is 10.1. The minimum absolute atomic E-state index is 0.236. The zero-order chi connectivity index (χ0) is 23.8. The number of hydrogen-bond donors (Lipinski definition) is 1. The fourth-order valence-corrected chi connectivity index (χ4v) is 4.27. The number of rotatable bonds is 24. The van der Waals surface area contributed by atoms with E-state index in [2.05, 4.69) is 13.8 Å². The molecule has 0 amide bonds. The van der Waals surface area contributed by atoms with Crippen LogP contribution in [0.4, 0.5) is 0 Å². The van der Waals surface area contributed by atoms with Crippen LogP contribution in [0.3, 0.4) is 0 Å². The summed E-state index contributed by atoms with van der Waals surface area (Å²) in [4.78, 5) is 0. The van der Waals surface area contributed by atoms with Crippen LogP contribution in [0.5, 0.6) is 17.2 Å². The highest BCUT2D eigenvalue weighted by molar-refractivity contribution is 5.45. The van der Waals surface area contributed by atoms with E-state index in [4.69, 9.17) is 9.47 Å². The number of phenols is 1. The minimum Gasteiger partial charge on any atom is -0.508 e. The van der Waals surface area contributed by atoms with E-state index in [-0.39, 0.29) is 5.75 Å². The van der Waals surface area contributed by atoms with Gasteiger partial charge in [0, 0.05) is 6.07 Å². The Morgan fingerprint density at radius 2 is 0.848 bits per heavy atom.